The molecule has 6 N–H and O–H groups in total. The lowest BCUT2D eigenvalue weighted by Gasteiger charge is -2.53. The fourth-order valence-electron chi connectivity index (χ4n) is 6.16. The van der Waals surface area contributed by atoms with Gasteiger partial charge >= 0.3 is 17.6 Å². The van der Waals surface area contributed by atoms with Gasteiger partial charge in [0.15, 0.2) is 12.3 Å². The van der Waals surface area contributed by atoms with Crippen LogP contribution in [-0.2, 0) is 20.9 Å². The van der Waals surface area contributed by atoms with Crippen molar-refractivity contribution >= 4 is 47.6 Å². The lowest BCUT2D eigenvalue weighted by Crippen LogP contribution is -2.52. The zero-order valence-electron chi connectivity index (χ0n) is 24.9. The molecule has 4 aliphatic rings. The Morgan fingerprint density at radius 2 is 1.80 bits per heavy atom. The minimum absolute atomic E-state index is 0. The number of nitrogens with zero attached hydrogens (tertiary/aromatic N) is 3. The van der Waals surface area contributed by atoms with Crippen molar-refractivity contribution in [1.29, 1.82) is 0 Å². The summed E-state index contributed by atoms with van der Waals surface area (Å²) in [6.45, 7) is 4.53. The van der Waals surface area contributed by atoms with Crippen molar-refractivity contribution in [3.05, 3.63) is 51.7 Å². The van der Waals surface area contributed by atoms with Crippen molar-refractivity contribution in [2.24, 2.45) is 16.6 Å². The topological polar surface area (TPSA) is 220 Å². The molecule has 3 fully saturated rings. The van der Waals surface area contributed by atoms with E-state index in [0.29, 0.717) is 29.0 Å². The van der Waals surface area contributed by atoms with Crippen LogP contribution in [-0.4, -0.2) is 67.7 Å². The van der Waals surface area contributed by atoms with E-state index in [1.54, 1.807) is 18.2 Å². The van der Waals surface area contributed by atoms with E-state index in [0.717, 1.165) is 49.1 Å². The van der Waals surface area contributed by atoms with Gasteiger partial charge in [0, 0.05) is 18.7 Å². The first kappa shape index (κ1) is 36.0. The maximum Gasteiger partial charge on any atom is 0.363 e. The van der Waals surface area contributed by atoms with E-state index >= 15 is 0 Å². The molecule has 3 saturated carbocycles. The smallest absolute Gasteiger partial charge is 0.363 e. The van der Waals surface area contributed by atoms with Crippen LogP contribution in [0.5, 0.6) is 5.75 Å². The van der Waals surface area contributed by atoms with Gasteiger partial charge in [-0.1, -0.05) is 13.5 Å². The number of halogens is 1. The van der Waals surface area contributed by atoms with Crippen LogP contribution in [0.3, 0.4) is 0 Å². The Bertz CT molecular complexity index is 1660. The van der Waals surface area contributed by atoms with Crippen molar-refractivity contribution in [2.45, 2.75) is 72.4 Å². The summed E-state index contributed by atoms with van der Waals surface area (Å²) in [7, 11) is 0. The van der Waals surface area contributed by atoms with Crippen LogP contribution in [0.1, 0.15) is 86.3 Å². The predicted octanol–water partition coefficient (Wildman–Crippen LogP) is 2.67. The molecule has 2 bridgehead atoms. The summed E-state index contributed by atoms with van der Waals surface area (Å²) in [6.07, 6.45) is 6.24. The lowest BCUT2D eigenvalue weighted by molar-refractivity contribution is -0.166. The van der Waals surface area contributed by atoms with Gasteiger partial charge in [-0.3, -0.25) is 14.4 Å². The molecule has 3 heterocycles. The quantitative estimate of drug-likeness (QED) is 0.232. The summed E-state index contributed by atoms with van der Waals surface area (Å²) in [5.41, 5.74) is 6.06. The molecule has 0 spiro atoms. The number of aromatic nitrogens is 4. The molecule has 0 radical (unpaired) electrons. The van der Waals surface area contributed by atoms with Crippen LogP contribution in [0.4, 0.5) is 5.69 Å². The first-order valence-corrected chi connectivity index (χ1v) is 14.4. The van der Waals surface area contributed by atoms with Crippen LogP contribution in [0.25, 0.3) is 5.78 Å². The number of esters is 1. The molecule has 3 aliphatic carbocycles. The number of hydrogen-bond donors (Lipinski definition) is 5. The number of H-pyrrole nitrogens is 1. The molecule has 2 aromatic heterocycles. The standard InChI is InChI=1S/C16H12N6O6.C13H23NO2.CH4.ClH/c23-12-6-28-11-2-1-7(3-8(11)18-12)5-17-13(24)9-4-10(14(25)26)22-15(19-9)20-16(27)21-22;1-3-16-11(15)13-7-4-12(5-8-13,6-9-13)10(2)14;;/h1-4H,5-6H2,(H,17,24)(H,18,23)(H,21,27)(H,25,26);10H,3-9,14H2,1-2H3;1H4;1H. The number of amides is 2. The molecule has 250 valence electrons. The van der Waals surface area contributed by atoms with Crippen molar-refractivity contribution < 1.29 is 33.8 Å². The Kier molecular flexibility index (Phi) is 11.2. The number of aromatic carboxylic acids is 1. The molecule has 16 heteroatoms. The number of fused-ring (bicyclic) bond motifs is 5. The van der Waals surface area contributed by atoms with E-state index in [-0.39, 0.29) is 73.5 Å². The Morgan fingerprint density at radius 3 is 2.41 bits per heavy atom. The summed E-state index contributed by atoms with van der Waals surface area (Å²) in [4.78, 5) is 65.9. The Hall–Kier alpha value is -4.50. The van der Waals surface area contributed by atoms with Crippen LogP contribution in [0, 0.1) is 10.8 Å². The highest BCUT2D eigenvalue weighted by molar-refractivity contribution is 5.96. The zero-order valence-corrected chi connectivity index (χ0v) is 25.7. The highest BCUT2D eigenvalue weighted by Crippen LogP contribution is 2.58. The van der Waals surface area contributed by atoms with Crippen molar-refractivity contribution in [1.82, 2.24) is 24.9 Å². The van der Waals surface area contributed by atoms with Crippen molar-refractivity contribution in [3.8, 4) is 5.75 Å². The maximum absolute atomic E-state index is 12.4. The number of anilines is 1. The fraction of sp³-hybridized carbons (Fsp3) is 0.500. The number of benzene rings is 1. The monoisotopic (exact) mass is 661 g/mol. The maximum atomic E-state index is 12.4. The summed E-state index contributed by atoms with van der Waals surface area (Å²) in [6, 6.07) is 6.32. The van der Waals surface area contributed by atoms with E-state index in [9.17, 15) is 29.1 Å². The second-order valence-electron chi connectivity index (χ2n) is 11.5. The van der Waals surface area contributed by atoms with Gasteiger partial charge in [-0.15, -0.1) is 12.4 Å². The van der Waals surface area contributed by atoms with E-state index < -0.39 is 17.6 Å². The molecule has 1 unspecified atom stereocenters. The van der Waals surface area contributed by atoms with Crippen molar-refractivity contribution in [2.75, 3.05) is 18.5 Å². The van der Waals surface area contributed by atoms with Gasteiger partial charge in [0.05, 0.1) is 17.7 Å². The first-order valence-electron chi connectivity index (χ1n) is 14.4. The number of rotatable bonds is 7. The number of carbonyl (C=O) groups is 4. The number of nitrogens with two attached hydrogens (primary N) is 1. The van der Waals surface area contributed by atoms with Gasteiger partial charge in [0.25, 0.3) is 17.6 Å². The molecule has 7 rings (SSSR count). The summed E-state index contributed by atoms with van der Waals surface area (Å²) in [5, 5.41) is 16.7. The van der Waals surface area contributed by atoms with Crippen LogP contribution >= 0.6 is 12.4 Å². The van der Waals surface area contributed by atoms with Gasteiger partial charge in [-0.05, 0) is 75.5 Å². The average Bonchev–Trinajstić information content (AvgIpc) is 3.40. The number of ether oxygens (including phenoxy) is 2. The molecule has 1 aromatic carbocycles. The number of hydrogen-bond acceptors (Lipinski definition) is 10. The molecule has 1 atom stereocenters. The largest absolute Gasteiger partial charge is 0.482 e. The van der Waals surface area contributed by atoms with E-state index in [2.05, 4.69) is 32.6 Å². The Morgan fingerprint density at radius 1 is 1.13 bits per heavy atom. The molecular formula is C30H40ClN7O8. The summed E-state index contributed by atoms with van der Waals surface area (Å²) < 4.78 is 11.4. The highest BCUT2D eigenvalue weighted by Gasteiger charge is 2.54. The number of carbonyl (C=O) groups excluding carboxylic acids is 3. The summed E-state index contributed by atoms with van der Waals surface area (Å²) >= 11 is 0. The minimum atomic E-state index is -1.36. The van der Waals surface area contributed by atoms with Gasteiger partial charge in [0.1, 0.15) is 11.4 Å². The fourth-order valence-corrected chi connectivity index (χ4v) is 6.16. The third-order valence-corrected chi connectivity index (χ3v) is 8.90. The molecule has 46 heavy (non-hydrogen) atoms. The average molecular weight is 662 g/mol. The molecular weight excluding hydrogens is 622 g/mol. The van der Waals surface area contributed by atoms with Gasteiger partial charge in [-0.2, -0.15) is 4.98 Å². The number of aromatic amines is 1. The number of carboxylic acids is 1. The lowest BCUT2D eigenvalue weighted by atomic mass is 9.52. The molecule has 3 aromatic rings. The van der Waals surface area contributed by atoms with Gasteiger partial charge in [-0.25, -0.2) is 24.2 Å². The van der Waals surface area contributed by atoms with E-state index in [4.69, 9.17) is 15.2 Å². The third kappa shape index (κ3) is 7.15. The number of nitrogens with one attached hydrogen (secondary N) is 3. The minimum Gasteiger partial charge on any atom is -0.482 e. The Balaban J connectivity index is 0.000000275. The van der Waals surface area contributed by atoms with Crippen molar-refractivity contribution in [3.63, 3.8) is 0 Å². The van der Waals surface area contributed by atoms with Gasteiger partial charge in [0.2, 0.25) is 0 Å². The second-order valence-corrected chi connectivity index (χ2v) is 11.5. The van der Waals surface area contributed by atoms with E-state index in [1.165, 1.54) is 0 Å². The van der Waals surface area contributed by atoms with Crippen LogP contribution in [0.2, 0.25) is 0 Å². The normalized spacial score (nSPS) is 21.5. The summed E-state index contributed by atoms with van der Waals surface area (Å²) in [5.74, 6) is -1.96. The number of carboxylic acid groups (broad SMARTS) is 1. The Labute approximate surface area is 271 Å². The van der Waals surface area contributed by atoms with E-state index in [1.807, 2.05) is 6.92 Å². The highest BCUT2D eigenvalue weighted by atomic mass is 35.5. The molecule has 15 nitrogen and oxygen atoms in total. The molecule has 1 aliphatic heterocycles. The zero-order chi connectivity index (χ0) is 31.6. The van der Waals surface area contributed by atoms with Crippen LogP contribution < -0.4 is 26.8 Å². The third-order valence-electron chi connectivity index (χ3n) is 8.90. The predicted molar refractivity (Wildman–Crippen MR) is 169 cm³/mol. The first-order chi connectivity index (χ1) is 20.9. The molecule has 2 amide bonds. The SMILES string of the molecule is C.CCOC(=O)C12CCC(C(C)N)(CC1)CC2.Cl.O=C1COc2ccc(CNC(=O)c3cc(C(=O)O)n4[nH]c(=O)nc4n3)cc2N1. The van der Waals surface area contributed by atoms with Crippen LogP contribution in [0.15, 0.2) is 29.1 Å². The van der Waals surface area contributed by atoms with Gasteiger partial charge < -0.3 is 30.9 Å². The molecule has 0 saturated heterocycles. The second kappa shape index (κ2) is 14.3.